The SMILES string of the molecule is COc1ccc(S(=O)(=O)c2ccc(Oc3c(F)c(F)c(S(=O)(=O)c4c(F)c(F)c(C)c(F)c4F)c(F)c3F)cc2)cc1. The Morgan fingerprint density at radius 3 is 1.24 bits per heavy atom. The third-order valence-corrected chi connectivity index (χ3v) is 9.46. The zero-order valence-electron chi connectivity index (χ0n) is 20.9. The van der Waals surface area contributed by atoms with E-state index in [0.717, 1.165) is 24.3 Å². The Bertz CT molecular complexity index is 1890. The number of hydrogen-bond acceptors (Lipinski definition) is 6. The fourth-order valence-corrected chi connectivity index (χ4v) is 6.44. The Balaban J connectivity index is 1.75. The third-order valence-electron chi connectivity index (χ3n) is 5.89. The zero-order valence-corrected chi connectivity index (χ0v) is 22.5. The lowest BCUT2D eigenvalue weighted by Crippen LogP contribution is -2.17. The largest absolute Gasteiger partial charge is 0.497 e. The van der Waals surface area contributed by atoms with E-state index in [1.165, 1.54) is 31.4 Å². The van der Waals surface area contributed by atoms with Crippen LogP contribution in [0.25, 0.3) is 0 Å². The maximum Gasteiger partial charge on any atom is 0.218 e. The summed E-state index contributed by atoms with van der Waals surface area (Å²) in [6.07, 6.45) is 0. The van der Waals surface area contributed by atoms with Crippen LogP contribution >= 0.6 is 0 Å². The van der Waals surface area contributed by atoms with Gasteiger partial charge in [0, 0.05) is 5.56 Å². The average molecular weight is 639 g/mol. The fourth-order valence-electron chi connectivity index (χ4n) is 3.67. The van der Waals surface area contributed by atoms with Crippen molar-refractivity contribution in [2.75, 3.05) is 7.11 Å². The van der Waals surface area contributed by atoms with E-state index >= 15 is 0 Å². The van der Waals surface area contributed by atoms with Crippen LogP contribution in [-0.2, 0) is 19.7 Å². The molecule has 0 N–H and O–H groups in total. The molecule has 0 spiro atoms. The Kier molecular flexibility index (Phi) is 7.99. The van der Waals surface area contributed by atoms with Crippen molar-refractivity contribution in [1.82, 2.24) is 0 Å². The van der Waals surface area contributed by atoms with Gasteiger partial charge in [0.05, 0.1) is 16.9 Å². The van der Waals surface area contributed by atoms with E-state index in [-0.39, 0.29) is 9.79 Å². The quantitative estimate of drug-likeness (QED) is 0.168. The van der Waals surface area contributed by atoms with Crippen LogP contribution in [0.3, 0.4) is 0 Å². The molecule has 0 fully saturated rings. The van der Waals surface area contributed by atoms with Crippen molar-refractivity contribution < 1.29 is 61.4 Å². The molecule has 42 heavy (non-hydrogen) atoms. The van der Waals surface area contributed by atoms with Crippen LogP contribution in [0, 0.1) is 53.5 Å². The lowest BCUT2D eigenvalue weighted by Gasteiger charge is -2.15. The molecule has 0 saturated heterocycles. The monoisotopic (exact) mass is 638 g/mol. The predicted octanol–water partition coefficient (Wildman–Crippen LogP) is 6.57. The summed E-state index contributed by atoms with van der Waals surface area (Å²) in [5, 5.41) is 0. The molecular weight excluding hydrogens is 624 g/mol. The van der Waals surface area contributed by atoms with Gasteiger partial charge in [0.1, 0.15) is 21.3 Å². The van der Waals surface area contributed by atoms with E-state index in [1.807, 2.05) is 0 Å². The minimum absolute atomic E-state index is 0.156. The molecule has 0 atom stereocenters. The molecule has 0 unspecified atom stereocenters. The van der Waals surface area contributed by atoms with Gasteiger partial charge >= 0.3 is 0 Å². The van der Waals surface area contributed by atoms with Gasteiger partial charge in [-0.2, -0.15) is 8.78 Å². The van der Waals surface area contributed by atoms with Crippen molar-refractivity contribution in [3.8, 4) is 17.2 Å². The van der Waals surface area contributed by atoms with Gasteiger partial charge in [0.2, 0.25) is 37.1 Å². The summed E-state index contributed by atoms with van der Waals surface area (Å²) in [7, 11) is -9.04. The first kappa shape index (κ1) is 30.8. The standard InChI is InChI=1S/C26H14F8O6S2/c1-11-16(27)20(31)25(21(32)17(11)28)42(37,38)26-22(33)18(29)24(19(30)23(26)34)40-13-5-9-15(10-6-13)41(35,36)14-7-3-12(39-2)4-8-14/h3-10H,1-2H3. The molecule has 4 aromatic carbocycles. The number of rotatable bonds is 7. The molecule has 222 valence electrons. The summed E-state index contributed by atoms with van der Waals surface area (Å²) in [5.74, 6) is -22.2. The smallest absolute Gasteiger partial charge is 0.218 e. The summed E-state index contributed by atoms with van der Waals surface area (Å²) in [6.45, 7) is 0.529. The summed E-state index contributed by atoms with van der Waals surface area (Å²) in [4.78, 5) is -5.61. The van der Waals surface area contributed by atoms with E-state index in [4.69, 9.17) is 9.47 Å². The molecule has 0 bridgehead atoms. The predicted molar refractivity (Wildman–Crippen MR) is 128 cm³/mol. The van der Waals surface area contributed by atoms with Gasteiger partial charge < -0.3 is 9.47 Å². The second-order valence-corrected chi connectivity index (χ2v) is 12.2. The number of benzene rings is 4. The summed E-state index contributed by atoms with van der Waals surface area (Å²) in [5.41, 5.74) is -1.31. The van der Waals surface area contributed by atoms with Crippen molar-refractivity contribution in [2.24, 2.45) is 0 Å². The van der Waals surface area contributed by atoms with E-state index in [9.17, 15) is 52.0 Å². The molecule has 0 aliphatic carbocycles. The molecule has 0 amide bonds. The molecule has 16 heteroatoms. The topological polar surface area (TPSA) is 86.7 Å². The summed E-state index contributed by atoms with van der Waals surface area (Å²) in [6, 6.07) is 8.75. The van der Waals surface area contributed by atoms with Gasteiger partial charge in [0.25, 0.3) is 0 Å². The van der Waals surface area contributed by atoms with Gasteiger partial charge in [-0.05, 0) is 55.5 Å². The minimum atomic E-state index is -6.30. The number of ether oxygens (including phenoxy) is 2. The number of hydrogen-bond donors (Lipinski definition) is 0. The number of halogens is 8. The van der Waals surface area contributed by atoms with Gasteiger partial charge in [-0.25, -0.2) is 43.2 Å². The molecule has 6 nitrogen and oxygen atoms in total. The summed E-state index contributed by atoms with van der Waals surface area (Å²) >= 11 is 0. The Morgan fingerprint density at radius 1 is 0.500 bits per heavy atom. The van der Waals surface area contributed by atoms with Crippen LogP contribution in [0.2, 0.25) is 0 Å². The molecule has 4 rings (SSSR count). The maximum absolute atomic E-state index is 14.8. The van der Waals surface area contributed by atoms with Crippen molar-refractivity contribution in [1.29, 1.82) is 0 Å². The number of sulfone groups is 2. The van der Waals surface area contributed by atoms with Gasteiger partial charge in [-0.1, -0.05) is 0 Å². The highest BCUT2D eigenvalue weighted by Gasteiger charge is 2.40. The normalized spacial score (nSPS) is 12.0. The second-order valence-electron chi connectivity index (χ2n) is 8.38. The van der Waals surface area contributed by atoms with E-state index in [0.29, 0.717) is 12.7 Å². The van der Waals surface area contributed by atoms with Crippen molar-refractivity contribution in [2.45, 2.75) is 26.5 Å². The Morgan fingerprint density at radius 2 is 0.857 bits per heavy atom. The number of methoxy groups -OCH3 is 1. The zero-order chi connectivity index (χ0) is 31.3. The van der Waals surface area contributed by atoms with Crippen LogP contribution < -0.4 is 9.47 Å². The molecule has 0 aliphatic rings. The highest BCUT2D eigenvalue weighted by Crippen LogP contribution is 2.39. The summed E-state index contributed by atoms with van der Waals surface area (Å²) < 4.78 is 176. The van der Waals surface area contributed by atoms with E-state index in [1.54, 1.807) is 0 Å². The highest BCUT2D eigenvalue weighted by atomic mass is 32.2. The molecule has 0 aliphatic heterocycles. The van der Waals surface area contributed by atoms with Crippen molar-refractivity contribution in [3.63, 3.8) is 0 Å². The first-order chi connectivity index (χ1) is 19.5. The molecule has 0 radical (unpaired) electrons. The van der Waals surface area contributed by atoms with Gasteiger partial charge in [-0.3, -0.25) is 0 Å². The molecule has 0 aromatic heterocycles. The first-order valence-electron chi connectivity index (χ1n) is 11.2. The van der Waals surface area contributed by atoms with Gasteiger partial charge in [-0.15, -0.1) is 0 Å². The van der Waals surface area contributed by atoms with Crippen molar-refractivity contribution >= 4 is 19.7 Å². The van der Waals surface area contributed by atoms with Gasteiger partial charge in [0.15, 0.2) is 34.9 Å². The lowest BCUT2D eigenvalue weighted by molar-refractivity contribution is 0.350. The third kappa shape index (κ3) is 4.93. The van der Waals surface area contributed by atoms with Crippen molar-refractivity contribution in [3.05, 3.63) is 101 Å². The Hall–Kier alpha value is -4.18. The maximum atomic E-state index is 14.8. The second kappa shape index (κ2) is 10.9. The molecule has 0 saturated carbocycles. The minimum Gasteiger partial charge on any atom is -0.497 e. The van der Waals surface area contributed by atoms with Crippen LogP contribution in [-0.4, -0.2) is 23.9 Å². The highest BCUT2D eigenvalue weighted by molar-refractivity contribution is 7.91. The average Bonchev–Trinajstić information content (AvgIpc) is 2.96. The fraction of sp³-hybridized carbons (Fsp3) is 0.0769. The van der Waals surface area contributed by atoms with Crippen LogP contribution in [0.15, 0.2) is 68.1 Å². The molecule has 4 aromatic rings. The first-order valence-corrected chi connectivity index (χ1v) is 14.1. The Labute approximate surface area is 232 Å². The lowest BCUT2D eigenvalue weighted by atomic mass is 10.2. The van der Waals surface area contributed by atoms with E-state index < -0.39 is 93.1 Å². The van der Waals surface area contributed by atoms with Crippen LogP contribution in [0.4, 0.5) is 35.1 Å². The van der Waals surface area contributed by atoms with Crippen LogP contribution in [0.5, 0.6) is 17.2 Å². The van der Waals surface area contributed by atoms with Crippen LogP contribution in [0.1, 0.15) is 5.56 Å². The molecular formula is C26H14F8O6S2. The molecule has 0 heterocycles. The van der Waals surface area contributed by atoms with E-state index in [2.05, 4.69) is 0 Å².